The molecule has 0 unspecified atom stereocenters. The Morgan fingerprint density at radius 3 is 2.79 bits per heavy atom. The van der Waals surface area contributed by atoms with Gasteiger partial charge in [-0.1, -0.05) is 12.1 Å². The van der Waals surface area contributed by atoms with E-state index in [9.17, 15) is 9.59 Å². The molecule has 19 heavy (non-hydrogen) atoms. The Labute approximate surface area is 110 Å². The predicted octanol–water partition coefficient (Wildman–Crippen LogP) is 1.38. The van der Waals surface area contributed by atoms with Gasteiger partial charge in [0.1, 0.15) is 5.54 Å². The molecule has 1 aromatic heterocycles. The fourth-order valence-electron chi connectivity index (χ4n) is 2.52. The molecule has 1 aliphatic heterocycles. The summed E-state index contributed by atoms with van der Waals surface area (Å²) in [7, 11) is 0. The van der Waals surface area contributed by atoms with Crippen LogP contribution in [0.5, 0.6) is 0 Å². The third kappa shape index (κ3) is 1.69. The smallest absolute Gasteiger partial charge is 0.252 e. The van der Waals surface area contributed by atoms with Crippen LogP contribution in [-0.4, -0.2) is 16.4 Å². The van der Waals surface area contributed by atoms with E-state index in [1.54, 1.807) is 0 Å². The third-order valence-corrected chi connectivity index (χ3v) is 3.87. The van der Waals surface area contributed by atoms with E-state index < -0.39 is 5.54 Å². The highest BCUT2D eigenvalue weighted by molar-refractivity contribution is 6.02. The standard InChI is InChI=1S/C14H15N3O2/c1-14(6-5-12(18)16-13(14)19)17-7-9-3-2-4-11(15)10(9)8-17/h2-4,7-8H,5-6,15H2,1H3,(H,16,18,19)/t14-/m0/s1. The minimum absolute atomic E-state index is 0.210. The first kappa shape index (κ1) is 11.8. The molecule has 3 rings (SSSR count). The van der Waals surface area contributed by atoms with E-state index in [0.717, 1.165) is 10.8 Å². The number of fused-ring (bicyclic) bond motifs is 1. The number of imide groups is 1. The summed E-state index contributed by atoms with van der Waals surface area (Å²) in [5, 5.41) is 4.31. The number of rotatable bonds is 1. The van der Waals surface area contributed by atoms with Crippen LogP contribution in [0.2, 0.25) is 0 Å². The lowest BCUT2D eigenvalue weighted by Crippen LogP contribution is -2.52. The number of carbonyl (C=O) groups excluding carboxylic acids is 2. The average molecular weight is 257 g/mol. The maximum absolute atomic E-state index is 12.1. The molecule has 2 amide bonds. The monoisotopic (exact) mass is 257 g/mol. The van der Waals surface area contributed by atoms with Crippen molar-refractivity contribution in [3.8, 4) is 0 Å². The topological polar surface area (TPSA) is 77.1 Å². The maximum atomic E-state index is 12.1. The van der Waals surface area contributed by atoms with Gasteiger partial charge in [0.15, 0.2) is 0 Å². The van der Waals surface area contributed by atoms with Crippen LogP contribution in [-0.2, 0) is 15.1 Å². The summed E-state index contributed by atoms with van der Waals surface area (Å²) in [5.41, 5.74) is 5.88. The average Bonchev–Trinajstić information content (AvgIpc) is 2.80. The second-order valence-corrected chi connectivity index (χ2v) is 5.17. The van der Waals surface area contributed by atoms with E-state index in [0.29, 0.717) is 18.5 Å². The normalized spacial score (nSPS) is 23.6. The van der Waals surface area contributed by atoms with Gasteiger partial charge in [-0.05, 0) is 19.4 Å². The molecule has 0 radical (unpaired) electrons. The lowest BCUT2D eigenvalue weighted by atomic mass is 9.91. The fourth-order valence-corrected chi connectivity index (χ4v) is 2.52. The van der Waals surface area contributed by atoms with Crippen molar-refractivity contribution in [1.82, 2.24) is 9.88 Å². The van der Waals surface area contributed by atoms with Gasteiger partial charge in [-0.3, -0.25) is 14.9 Å². The highest BCUT2D eigenvalue weighted by Gasteiger charge is 2.39. The molecule has 5 nitrogen and oxygen atoms in total. The lowest BCUT2D eigenvalue weighted by molar-refractivity contribution is -0.140. The van der Waals surface area contributed by atoms with Crippen LogP contribution in [0.1, 0.15) is 19.8 Å². The largest absolute Gasteiger partial charge is 0.398 e. The van der Waals surface area contributed by atoms with Crippen molar-refractivity contribution >= 4 is 28.3 Å². The van der Waals surface area contributed by atoms with Crippen molar-refractivity contribution < 1.29 is 9.59 Å². The van der Waals surface area contributed by atoms with Gasteiger partial charge in [0.25, 0.3) is 5.91 Å². The summed E-state index contributed by atoms with van der Waals surface area (Å²) >= 11 is 0. The first-order chi connectivity index (χ1) is 9.00. The summed E-state index contributed by atoms with van der Waals surface area (Å²) < 4.78 is 1.86. The van der Waals surface area contributed by atoms with Gasteiger partial charge in [-0.15, -0.1) is 0 Å². The number of nitrogen functional groups attached to an aromatic ring is 1. The molecular weight excluding hydrogens is 242 g/mol. The molecule has 0 aliphatic carbocycles. The number of piperidine rings is 1. The third-order valence-electron chi connectivity index (χ3n) is 3.87. The van der Waals surface area contributed by atoms with Crippen molar-refractivity contribution in [3.63, 3.8) is 0 Å². The van der Waals surface area contributed by atoms with Gasteiger partial charge >= 0.3 is 0 Å². The molecule has 1 saturated heterocycles. The number of aromatic nitrogens is 1. The Bertz CT molecular complexity index is 689. The number of benzene rings is 1. The van der Waals surface area contributed by atoms with E-state index in [1.807, 2.05) is 42.1 Å². The van der Waals surface area contributed by atoms with Crippen molar-refractivity contribution in [2.75, 3.05) is 5.73 Å². The molecule has 1 atom stereocenters. The number of nitrogens with two attached hydrogens (primary N) is 1. The van der Waals surface area contributed by atoms with Gasteiger partial charge in [0, 0.05) is 35.3 Å². The molecule has 1 aromatic carbocycles. The zero-order valence-corrected chi connectivity index (χ0v) is 10.6. The second kappa shape index (κ2) is 3.85. The number of nitrogens with zero attached hydrogens (tertiary/aromatic N) is 1. The van der Waals surface area contributed by atoms with E-state index >= 15 is 0 Å². The summed E-state index contributed by atoms with van der Waals surface area (Å²) in [4.78, 5) is 23.4. The molecule has 98 valence electrons. The highest BCUT2D eigenvalue weighted by atomic mass is 16.2. The number of anilines is 1. The van der Waals surface area contributed by atoms with Gasteiger partial charge in [0.05, 0.1) is 0 Å². The molecule has 1 fully saturated rings. The molecule has 1 aliphatic rings. The summed E-state index contributed by atoms with van der Waals surface area (Å²) in [6, 6.07) is 5.67. The fraction of sp³-hybridized carbons (Fsp3) is 0.286. The maximum Gasteiger partial charge on any atom is 0.252 e. The number of hydrogen-bond acceptors (Lipinski definition) is 3. The molecule has 2 heterocycles. The summed E-state index contributed by atoms with van der Waals surface area (Å²) in [6.45, 7) is 1.84. The molecule has 0 spiro atoms. The highest BCUT2D eigenvalue weighted by Crippen LogP contribution is 2.31. The molecule has 3 N–H and O–H groups in total. The Morgan fingerprint density at radius 2 is 2.11 bits per heavy atom. The second-order valence-electron chi connectivity index (χ2n) is 5.17. The van der Waals surface area contributed by atoms with Crippen LogP contribution in [0, 0.1) is 0 Å². The predicted molar refractivity (Wildman–Crippen MR) is 72.4 cm³/mol. The SMILES string of the molecule is C[C@]1(n2cc3cccc(N)c3c2)CCC(=O)NC1=O. The van der Waals surface area contributed by atoms with Crippen LogP contribution in [0.3, 0.4) is 0 Å². The van der Waals surface area contributed by atoms with E-state index in [2.05, 4.69) is 5.32 Å². The summed E-state index contributed by atoms with van der Waals surface area (Å²) in [6.07, 6.45) is 4.63. The lowest BCUT2D eigenvalue weighted by Gasteiger charge is -2.33. The van der Waals surface area contributed by atoms with Crippen LogP contribution < -0.4 is 11.1 Å². The van der Waals surface area contributed by atoms with Crippen molar-refractivity contribution in [1.29, 1.82) is 0 Å². The number of amides is 2. The number of hydrogen-bond donors (Lipinski definition) is 2. The Morgan fingerprint density at radius 1 is 1.32 bits per heavy atom. The Kier molecular flexibility index (Phi) is 2.38. The molecule has 5 heteroatoms. The summed E-state index contributed by atoms with van der Waals surface area (Å²) in [5.74, 6) is -0.471. The van der Waals surface area contributed by atoms with Gasteiger partial charge in [-0.2, -0.15) is 0 Å². The van der Waals surface area contributed by atoms with Gasteiger partial charge in [0.2, 0.25) is 5.91 Å². The van der Waals surface area contributed by atoms with E-state index in [-0.39, 0.29) is 11.8 Å². The van der Waals surface area contributed by atoms with Crippen molar-refractivity contribution in [2.24, 2.45) is 0 Å². The number of carbonyl (C=O) groups is 2. The molecule has 0 saturated carbocycles. The van der Waals surface area contributed by atoms with Crippen LogP contribution >= 0.6 is 0 Å². The Balaban J connectivity index is 2.11. The van der Waals surface area contributed by atoms with Crippen molar-refractivity contribution in [3.05, 3.63) is 30.6 Å². The molecular formula is C14H15N3O2. The van der Waals surface area contributed by atoms with Crippen LogP contribution in [0.4, 0.5) is 5.69 Å². The van der Waals surface area contributed by atoms with Gasteiger partial charge in [-0.25, -0.2) is 0 Å². The minimum atomic E-state index is -0.737. The van der Waals surface area contributed by atoms with Gasteiger partial charge < -0.3 is 10.3 Å². The molecule has 2 aromatic rings. The van der Waals surface area contributed by atoms with Crippen molar-refractivity contribution in [2.45, 2.75) is 25.3 Å². The zero-order chi connectivity index (χ0) is 13.6. The van der Waals surface area contributed by atoms with Crippen LogP contribution in [0.25, 0.3) is 10.8 Å². The quantitative estimate of drug-likeness (QED) is 0.598. The Hall–Kier alpha value is -2.30. The van der Waals surface area contributed by atoms with Crippen LogP contribution in [0.15, 0.2) is 30.6 Å². The van der Waals surface area contributed by atoms with E-state index in [1.165, 1.54) is 0 Å². The van der Waals surface area contributed by atoms with E-state index in [4.69, 9.17) is 5.73 Å². The molecule has 0 bridgehead atoms. The minimum Gasteiger partial charge on any atom is -0.398 e. The first-order valence-electron chi connectivity index (χ1n) is 6.22. The number of nitrogens with one attached hydrogen (secondary N) is 1. The first-order valence-corrected chi connectivity index (χ1v) is 6.22. The zero-order valence-electron chi connectivity index (χ0n) is 10.6.